The van der Waals surface area contributed by atoms with Gasteiger partial charge in [0.05, 0.1) is 12.5 Å². The molecule has 0 spiro atoms. The van der Waals surface area contributed by atoms with Gasteiger partial charge in [-0.05, 0) is 29.7 Å². The third-order valence-corrected chi connectivity index (χ3v) is 4.87. The molecule has 0 amide bonds. The van der Waals surface area contributed by atoms with Gasteiger partial charge < -0.3 is 9.84 Å². The zero-order valence-electron chi connectivity index (χ0n) is 11.2. The smallest absolute Gasteiger partial charge is 0.309 e. The van der Waals surface area contributed by atoms with Crippen molar-refractivity contribution >= 4 is 5.97 Å². The lowest BCUT2D eigenvalue weighted by atomic mass is 9.60. The van der Waals surface area contributed by atoms with E-state index in [2.05, 4.69) is 20.1 Å². The van der Waals surface area contributed by atoms with Crippen molar-refractivity contribution in [2.75, 3.05) is 6.61 Å². The molecule has 0 aromatic rings. The Morgan fingerprint density at radius 3 is 2.89 bits per heavy atom. The summed E-state index contributed by atoms with van der Waals surface area (Å²) in [4.78, 5) is 11.7. The van der Waals surface area contributed by atoms with E-state index < -0.39 is 0 Å². The first-order valence-corrected chi connectivity index (χ1v) is 6.55. The maximum absolute atomic E-state index is 11.7. The minimum absolute atomic E-state index is 0.00163. The van der Waals surface area contributed by atoms with E-state index >= 15 is 0 Å². The maximum atomic E-state index is 11.7. The van der Waals surface area contributed by atoms with E-state index in [1.165, 1.54) is 0 Å². The van der Waals surface area contributed by atoms with Crippen molar-refractivity contribution in [2.45, 2.75) is 32.8 Å². The highest BCUT2D eigenvalue weighted by Gasteiger charge is 2.52. The Morgan fingerprint density at radius 1 is 1.67 bits per heavy atom. The minimum Gasteiger partial charge on any atom is -0.462 e. The maximum Gasteiger partial charge on any atom is 0.309 e. The van der Waals surface area contributed by atoms with Crippen LogP contribution in [0.25, 0.3) is 0 Å². The molecule has 2 aliphatic rings. The van der Waals surface area contributed by atoms with Gasteiger partial charge in [0, 0.05) is 5.92 Å². The normalized spacial score (nSPS) is 43.2. The molecule has 0 unspecified atom stereocenters. The van der Waals surface area contributed by atoms with Gasteiger partial charge in [-0.2, -0.15) is 0 Å². The monoisotopic (exact) mass is 250 g/mol. The molecule has 0 aromatic heterocycles. The summed E-state index contributed by atoms with van der Waals surface area (Å²) in [5, 5.41) is 9.34. The molecular formula is C15H22O3. The summed E-state index contributed by atoms with van der Waals surface area (Å²) in [7, 11) is 0. The molecule has 1 N–H and O–H groups in total. The molecular weight excluding hydrogens is 228 g/mol. The minimum atomic E-state index is -0.147. The van der Waals surface area contributed by atoms with Crippen LogP contribution in [0.1, 0.15) is 26.7 Å². The molecule has 100 valence electrons. The van der Waals surface area contributed by atoms with Crippen LogP contribution >= 0.6 is 0 Å². The van der Waals surface area contributed by atoms with Gasteiger partial charge >= 0.3 is 5.97 Å². The van der Waals surface area contributed by atoms with Gasteiger partial charge in [0.15, 0.2) is 0 Å². The Labute approximate surface area is 109 Å². The first kappa shape index (κ1) is 13.3. The van der Waals surface area contributed by atoms with E-state index in [0.717, 1.165) is 18.4 Å². The highest BCUT2D eigenvalue weighted by Crippen LogP contribution is 2.52. The number of fused-ring (bicyclic) bond motifs is 1. The van der Waals surface area contributed by atoms with Crippen molar-refractivity contribution in [3.05, 3.63) is 24.8 Å². The Bertz CT molecular complexity index is 387. The van der Waals surface area contributed by atoms with Crippen LogP contribution in [0, 0.1) is 23.2 Å². The molecule has 0 bridgehead atoms. The molecule has 1 aliphatic heterocycles. The van der Waals surface area contributed by atoms with Gasteiger partial charge in [-0.25, -0.2) is 0 Å². The van der Waals surface area contributed by atoms with E-state index in [-0.39, 0.29) is 41.8 Å². The summed E-state index contributed by atoms with van der Waals surface area (Å²) >= 11 is 0. The summed E-state index contributed by atoms with van der Waals surface area (Å²) in [6, 6.07) is 0. The lowest BCUT2D eigenvalue weighted by molar-refractivity contribution is -0.145. The van der Waals surface area contributed by atoms with Crippen LogP contribution in [0.2, 0.25) is 0 Å². The summed E-state index contributed by atoms with van der Waals surface area (Å²) in [5.41, 5.74) is 0.688. The Hall–Kier alpha value is -1.09. The number of rotatable bonds is 3. The lowest BCUT2D eigenvalue weighted by Crippen LogP contribution is -2.41. The number of aliphatic hydroxyl groups is 1. The van der Waals surface area contributed by atoms with Gasteiger partial charge in [0.25, 0.3) is 0 Å². The molecule has 1 saturated heterocycles. The van der Waals surface area contributed by atoms with Gasteiger partial charge in [-0.1, -0.05) is 26.5 Å². The molecule has 3 nitrogen and oxygen atoms in total. The number of esters is 1. The number of aliphatic hydroxyl groups excluding tert-OH is 1. The quantitative estimate of drug-likeness (QED) is 0.617. The molecule has 2 fully saturated rings. The molecule has 3 heteroatoms. The highest BCUT2D eigenvalue weighted by molar-refractivity contribution is 5.75. The fraction of sp³-hybridized carbons (Fsp3) is 0.667. The SMILES string of the molecule is C=C[C@@]1(C)C[C@H]2OC(=O)[C@H](C)[C@H]2C[C@@H]1C(=C)CO. The third kappa shape index (κ3) is 1.91. The molecule has 0 aromatic carbocycles. The van der Waals surface area contributed by atoms with Gasteiger partial charge in [0.2, 0.25) is 0 Å². The zero-order valence-corrected chi connectivity index (χ0v) is 11.2. The standard InChI is InChI=1S/C15H22O3/c1-5-15(4)7-13-11(10(3)14(17)18-13)6-12(15)9(2)8-16/h5,10-13,16H,1-2,6-8H2,3-4H3/t10-,11-,12-,13-,15+/m1/s1. The van der Waals surface area contributed by atoms with E-state index in [9.17, 15) is 9.90 Å². The van der Waals surface area contributed by atoms with Gasteiger partial charge in [-0.15, -0.1) is 6.58 Å². The second-order valence-electron chi connectivity index (χ2n) is 5.95. The van der Waals surface area contributed by atoms with E-state index in [0.29, 0.717) is 0 Å². The topological polar surface area (TPSA) is 46.5 Å². The van der Waals surface area contributed by atoms with Crippen LogP contribution < -0.4 is 0 Å². The van der Waals surface area contributed by atoms with Crippen LogP contribution in [0.5, 0.6) is 0 Å². The lowest BCUT2D eigenvalue weighted by Gasteiger charge is -2.45. The van der Waals surface area contributed by atoms with E-state index in [1.54, 1.807) is 0 Å². The summed E-state index contributed by atoms with van der Waals surface area (Å²) in [6.07, 6.45) is 3.55. The predicted molar refractivity (Wildman–Crippen MR) is 69.8 cm³/mol. The van der Waals surface area contributed by atoms with Crippen LogP contribution in [-0.4, -0.2) is 23.8 Å². The van der Waals surface area contributed by atoms with Crippen molar-refractivity contribution in [3.63, 3.8) is 0 Å². The summed E-state index contributed by atoms with van der Waals surface area (Å²) < 4.78 is 5.46. The highest BCUT2D eigenvalue weighted by atomic mass is 16.6. The second-order valence-corrected chi connectivity index (χ2v) is 5.95. The Morgan fingerprint density at radius 2 is 2.33 bits per heavy atom. The van der Waals surface area contributed by atoms with Crippen LogP contribution in [0.15, 0.2) is 24.8 Å². The Kier molecular flexibility index (Phi) is 3.37. The largest absolute Gasteiger partial charge is 0.462 e. The molecule has 1 saturated carbocycles. The van der Waals surface area contributed by atoms with Gasteiger partial charge in [-0.3, -0.25) is 4.79 Å². The van der Waals surface area contributed by atoms with E-state index in [1.807, 2.05) is 13.0 Å². The van der Waals surface area contributed by atoms with Gasteiger partial charge in [0.1, 0.15) is 6.10 Å². The van der Waals surface area contributed by atoms with Crippen molar-refractivity contribution in [2.24, 2.45) is 23.2 Å². The first-order chi connectivity index (χ1) is 8.42. The average molecular weight is 250 g/mol. The van der Waals surface area contributed by atoms with Crippen molar-refractivity contribution < 1.29 is 14.6 Å². The fourth-order valence-electron chi connectivity index (χ4n) is 3.48. The molecule has 0 radical (unpaired) electrons. The fourth-order valence-corrected chi connectivity index (χ4v) is 3.48. The average Bonchev–Trinajstić information content (AvgIpc) is 2.62. The molecule has 1 heterocycles. The molecule has 1 aliphatic carbocycles. The first-order valence-electron chi connectivity index (χ1n) is 6.55. The van der Waals surface area contributed by atoms with Crippen molar-refractivity contribution in [3.8, 4) is 0 Å². The summed E-state index contributed by atoms with van der Waals surface area (Å²) in [6.45, 7) is 11.9. The second kappa shape index (κ2) is 4.54. The number of ether oxygens (including phenoxy) is 1. The molecule has 5 atom stereocenters. The summed E-state index contributed by atoms with van der Waals surface area (Å²) in [5.74, 6) is 0.294. The van der Waals surface area contributed by atoms with Crippen LogP contribution in [0.4, 0.5) is 0 Å². The van der Waals surface area contributed by atoms with Crippen LogP contribution in [0.3, 0.4) is 0 Å². The molecule has 18 heavy (non-hydrogen) atoms. The van der Waals surface area contributed by atoms with Crippen molar-refractivity contribution in [1.82, 2.24) is 0 Å². The number of hydrogen-bond donors (Lipinski definition) is 1. The third-order valence-electron chi connectivity index (χ3n) is 4.87. The van der Waals surface area contributed by atoms with Crippen LogP contribution in [-0.2, 0) is 9.53 Å². The van der Waals surface area contributed by atoms with Crippen molar-refractivity contribution in [1.29, 1.82) is 0 Å². The molecule has 2 rings (SSSR count). The number of hydrogen-bond acceptors (Lipinski definition) is 3. The number of allylic oxidation sites excluding steroid dienone is 1. The number of carbonyl (C=O) groups is 1. The zero-order chi connectivity index (χ0) is 13.5. The Balaban J connectivity index is 2.28. The predicted octanol–water partition coefficient (Wildman–Crippen LogP) is 2.31. The number of carbonyl (C=O) groups excluding carboxylic acids is 1. The van der Waals surface area contributed by atoms with E-state index in [4.69, 9.17) is 4.74 Å².